The predicted molar refractivity (Wildman–Crippen MR) is 94.0 cm³/mol. The summed E-state index contributed by atoms with van der Waals surface area (Å²) in [6.07, 6.45) is 1.72. The van der Waals surface area contributed by atoms with Crippen LogP contribution >= 0.6 is 0 Å². The number of hydrogen-bond acceptors (Lipinski definition) is 2. The first-order chi connectivity index (χ1) is 11.6. The Bertz CT molecular complexity index is 884. The first-order valence-corrected chi connectivity index (χ1v) is 7.42. The van der Waals surface area contributed by atoms with Crippen molar-refractivity contribution < 1.29 is 9.18 Å². The van der Waals surface area contributed by atoms with Crippen molar-refractivity contribution in [3.63, 3.8) is 0 Å². The average molecular weight is 318 g/mol. The number of carbonyl (C=O) groups is 1. The highest BCUT2D eigenvalue weighted by Gasteiger charge is 2.00. The summed E-state index contributed by atoms with van der Waals surface area (Å²) in [7, 11) is 0. The SMILES string of the molecule is NC(=O)c1cccc(N=Cc2ccc(-c3ccc(F)cc3)cc2)c1. The maximum absolute atomic E-state index is 13.0. The molecular formula is C20H15FN2O. The lowest BCUT2D eigenvalue weighted by Gasteiger charge is -2.02. The number of carbonyl (C=O) groups excluding carboxylic acids is 1. The summed E-state index contributed by atoms with van der Waals surface area (Å²) in [5.41, 5.74) is 9.22. The molecule has 0 spiro atoms. The largest absolute Gasteiger partial charge is 0.366 e. The van der Waals surface area contributed by atoms with Crippen molar-refractivity contribution in [3.05, 3.63) is 89.7 Å². The lowest BCUT2D eigenvalue weighted by atomic mass is 10.0. The smallest absolute Gasteiger partial charge is 0.248 e. The van der Waals surface area contributed by atoms with Crippen LogP contribution in [0.25, 0.3) is 11.1 Å². The lowest BCUT2D eigenvalue weighted by Crippen LogP contribution is -2.10. The summed E-state index contributed by atoms with van der Waals surface area (Å²) in [5.74, 6) is -0.726. The number of halogens is 1. The third-order valence-corrected chi connectivity index (χ3v) is 3.58. The standard InChI is InChI=1S/C20H15FN2O/c21-18-10-8-16(9-11-18)15-6-4-14(5-7-15)13-23-19-3-1-2-17(12-19)20(22)24/h1-13H,(H2,22,24). The minimum absolute atomic E-state index is 0.249. The number of primary amides is 1. The Kier molecular flexibility index (Phi) is 4.47. The van der Waals surface area contributed by atoms with Crippen LogP contribution in [-0.2, 0) is 0 Å². The van der Waals surface area contributed by atoms with Gasteiger partial charge in [0.2, 0.25) is 5.91 Å². The second-order valence-corrected chi connectivity index (χ2v) is 5.30. The molecule has 4 heteroatoms. The van der Waals surface area contributed by atoms with Gasteiger partial charge in [-0.3, -0.25) is 9.79 Å². The maximum Gasteiger partial charge on any atom is 0.248 e. The summed E-state index contributed by atoms with van der Waals surface area (Å²) >= 11 is 0. The van der Waals surface area contributed by atoms with Crippen LogP contribution < -0.4 is 5.73 Å². The Hall–Kier alpha value is -3.27. The van der Waals surface area contributed by atoms with Crippen molar-refractivity contribution in [1.29, 1.82) is 0 Å². The molecule has 0 atom stereocenters. The van der Waals surface area contributed by atoms with E-state index in [1.165, 1.54) is 12.1 Å². The van der Waals surface area contributed by atoms with Gasteiger partial charge in [0.1, 0.15) is 5.82 Å². The fraction of sp³-hybridized carbons (Fsp3) is 0. The topological polar surface area (TPSA) is 55.5 Å². The first kappa shape index (κ1) is 15.6. The normalized spacial score (nSPS) is 10.9. The fourth-order valence-corrected chi connectivity index (χ4v) is 2.29. The zero-order chi connectivity index (χ0) is 16.9. The van der Waals surface area contributed by atoms with Crippen molar-refractivity contribution >= 4 is 17.8 Å². The fourth-order valence-electron chi connectivity index (χ4n) is 2.29. The van der Waals surface area contributed by atoms with E-state index in [2.05, 4.69) is 4.99 Å². The molecule has 24 heavy (non-hydrogen) atoms. The molecule has 3 aromatic rings. The van der Waals surface area contributed by atoms with Gasteiger partial charge in [0.15, 0.2) is 0 Å². The van der Waals surface area contributed by atoms with Gasteiger partial charge in [0, 0.05) is 11.8 Å². The second-order valence-electron chi connectivity index (χ2n) is 5.30. The molecule has 1 amide bonds. The van der Waals surface area contributed by atoms with Gasteiger partial charge in [-0.15, -0.1) is 0 Å². The number of rotatable bonds is 4. The van der Waals surface area contributed by atoms with E-state index in [1.54, 1.807) is 42.6 Å². The van der Waals surface area contributed by atoms with Gasteiger partial charge in [0.05, 0.1) is 5.69 Å². The number of benzene rings is 3. The average Bonchev–Trinajstić information content (AvgIpc) is 2.61. The Morgan fingerprint density at radius 1 is 0.917 bits per heavy atom. The molecule has 0 bridgehead atoms. The number of amides is 1. The maximum atomic E-state index is 13.0. The van der Waals surface area contributed by atoms with Crippen molar-refractivity contribution in [2.75, 3.05) is 0 Å². The molecule has 0 radical (unpaired) electrons. The van der Waals surface area contributed by atoms with Crippen molar-refractivity contribution in [2.45, 2.75) is 0 Å². The highest BCUT2D eigenvalue weighted by atomic mass is 19.1. The van der Waals surface area contributed by atoms with Gasteiger partial charge < -0.3 is 5.73 Å². The Morgan fingerprint density at radius 2 is 1.54 bits per heavy atom. The monoisotopic (exact) mass is 318 g/mol. The quantitative estimate of drug-likeness (QED) is 0.715. The molecule has 0 aliphatic heterocycles. The van der Waals surface area contributed by atoms with E-state index < -0.39 is 5.91 Å². The summed E-state index contributed by atoms with van der Waals surface area (Å²) in [6, 6.07) is 21.0. The van der Waals surface area contributed by atoms with Crippen LogP contribution in [0.1, 0.15) is 15.9 Å². The van der Waals surface area contributed by atoms with E-state index >= 15 is 0 Å². The van der Waals surface area contributed by atoms with E-state index in [-0.39, 0.29) is 5.82 Å². The zero-order valence-electron chi connectivity index (χ0n) is 12.8. The van der Waals surface area contributed by atoms with Gasteiger partial charge in [-0.05, 0) is 47.0 Å². The number of nitrogens with two attached hydrogens (primary N) is 1. The molecule has 0 fully saturated rings. The highest BCUT2D eigenvalue weighted by molar-refractivity contribution is 5.94. The van der Waals surface area contributed by atoms with Gasteiger partial charge in [0.25, 0.3) is 0 Å². The molecule has 3 aromatic carbocycles. The molecule has 3 nitrogen and oxygen atoms in total. The highest BCUT2D eigenvalue weighted by Crippen LogP contribution is 2.20. The molecule has 2 N–H and O–H groups in total. The molecule has 118 valence electrons. The van der Waals surface area contributed by atoms with Crippen molar-refractivity contribution in [2.24, 2.45) is 10.7 Å². The van der Waals surface area contributed by atoms with Gasteiger partial charge in [-0.2, -0.15) is 0 Å². The summed E-state index contributed by atoms with van der Waals surface area (Å²) < 4.78 is 13.0. The van der Waals surface area contributed by atoms with Gasteiger partial charge in [-0.25, -0.2) is 4.39 Å². The molecular weight excluding hydrogens is 303 g/mol. The second kappa shape index (κ2) is 6.87. The molecule has 0 unspecified atom stereocenters. The van der Waals surface area contributed by atoms with Crippen LogP contribution in [0.2, 0.25) is 0 Å². The van der Waals surface area contributed by atoms with E-state index in [0.717, 1.165) is 16.7 Å². The molecule has 0 saturated carbocycles. The Morgan fingerprint density at radius 3 is 2.17 bits per heavy atom. The third-order valence-electron chi connectivity index (χ3n) is 3.58. The number of aliphatic imine (C=N–C) groups is 1. The summed E-state index contributed by atoms with van der Waals surface area (Å²) in [4.78, 5) is 15.5. The predicted octanol–water partition coefficient (Wildman–Crippen LogP) is 4.34. The Labute approximate surface area is 139 Å². The minimum Gasteiger partial charge on any atom is -0.366 e. The molecule has 0 aliphatic carbocycles. The van der Waals surface area contributed by atoms with Crippen LogP contribution in [0, 0.1) is 5.82 Å². The molecule has 3 rings (SSSR count). The number of nitrogens with zero attached hydrogens (tertiary/aromatic N) is 1. The van der Waals surface area contributed by atoms with E-state index in [1.807, 2.05) is 24.3 Å². The van der Waals surface area contributed by atoms with E-state index in [0.29, 0.717) is 11.3 Å². The molecule has 0 aliphatic rings. The summed E-state index contributed by atoms with van der Waals surface area (Å²) in [5, 5.41) is 0. The van der Waals surface area contributed by atoms with E-state index in [9.17, 15) is 9.18 Å². The zero-order valence-corrected chi connectivity index (χ0v) is 12.8. The van der Waals surface area contributed by atoms with Gasteiger partial charge in [-0.1, -0.05) is 42.5 Å². The van der Waals surface area contributed by atoms with Gasteiger partial charge >= 0.3 is 0 Å². The lowest BCUT2D eigenvalue weighted by molar-refractivity contribution is 0.100. The van der Waals surface area contributed by atoms with Crippen molar-refractivity contribution in [1.82, 2.24) is 0 Å². The third kappa shape index (κ3) is 3.73. The van der Waals surface area contributed by atoms with Crippen LogP contribution in [0.3, 0.4) is 0 Å². The van der Waals surface area contributed by atoms with Crippen LogP contribution in [-0.4, -0.2) is 12.1 Å². The number of hydrogen-bond donors (Lipinski definition) is 1. The van der Waals surface area contributed by atoms with Crippen LogP contribution in [0.5, 0.6) is 0 Å². The van der Waals surface area contributed by atoms with Crippen LogP contribution in [0.15, 0.2) is 77.8 Å². The Balaban J connectivity index is 1.77. The minimum atomic E-state index is -0.476. The molecule has 0 aromatic heterocycles. The van der Waals surface area contributed by atoms with Crippen LogP contribution in [0.4, 0.5) is 10.1 Å². The van der Waals surface area contributed by atoms with E-state index in [4.69, 9.17) is 5.73 Å². The van der Waals surface area contributed by atoms with Crippen molar-refractivity contribution in [3.8, 4) is 11.1 Å². The molecule has 0 saturated heterocycles. The first-order valence-electron chi connectivity index (χ1n) is 7.42. The molecule has 0 heterocycles. The summed E-state index contributed by atoms with van der Waals surface area (Å²) in [6.45, 7) is 0.